The second-order valence-electron chi connectivity index (χ2n) is 6.10. The van der Waals surface area contributed by atoms with Crippen molar-refractivity contribution in [2.24, 2.45) is 0 Å². The molecule has 132 valence electrons. The molecule has 1 aromatic carbocycles. The van der Waals surface area contributed by atoms with E-state index in [1.54, 1.807) is 18.4 Å². The lowest BCUT2D eigenvalue weighted by Gasteiger charge is -2.22. The van der Waals surface area contributed by atoms with Gasteiger partial charge in [-0.05, 0) is 48.4 Å². The minimum Gasteiger partial charge on any atom is -0.493 e. The molecule has 3 rings (SSSR count). The molecule has 0 N–H and O–H groups in total. The summed E-state index contributed by atoms with van der Waals surface area (Å²) in [5, 5.41) is 2.04. The number of benzene rings is 1. The molecular formula is C20H23NO3S. The molecule has 2 aromatic rings. The molecule has 0 atom stereocenters. The van der Waals surface area contributed by atoms with E-state index in [9.17, 15) is 4.79 Å². The first kappa shape index (κ1) is 17.5. The average molecular weight is 357 g/mol. The summed E-state index contributed by atoms with van der Waals surface area (Å²) in [7, 11) is 1.61. The maximum Gasteiger partial charge on any atom is 0.261 e. The predicted octanol–water partition coefficient (Wildman–Crippen LogP) is 4.06. The lowest BCUT2D eigenvalue weighted by molar-refractivity contribution is -0.134. The Bertz CT molecular complexity index is 723. The topological polar surface area (TPSA) is 38.8 Å². The molecule has 4 nitrogen and oxygen atoms in total. The number of rotatable bonds is 9. The molecule has 5 heteroatoms. The van der Waals surface area contributed by atoms with E-state index < -0.39 is 0 Å². The number of thiophene rings is 1. The summed E-state index contributed by atoms with van der Waals surface area (Å²) in [5.74, 6) is 1.26. The molecule has 1 saturated carbocycles. The van der Waals surface area contributed by atoms with Crippen molar-refractivity contribution in [1.82, 2.24) is 4.90 Å². The number of amides is 1. The molecule has 0 spiro atoms. The second kappa shape index (κ2) is 8.21. The number of carbonyl (C=O) groups is 1. The number of carbonyl (C=O) groups excluding carboxylic acids is 1. The van der Waals surface area contributed by atoms with Crippen LogP contribution in [0, 0.1) is 0 Å². The normalized spacial score (nSPS) is 13.3. The molecular weight excluding hydrogens is 334 g/mol. The number of hydrogen-bond acceptors (Lipinski definition) is 4. The third-order valence-electron chi connectivity index (χ3n) is 4.17. The van der Waals surface area contributed by atoms with Gasteiger partial charge in [-0.1, -0.05) is 18.2 Å². The van der Waals surface area contributed by atoms with Crippen LogP contribution in [0.15, 0.2) is 48.4 Å². The van der Waals surface area contributed by atoms with Crippen LogP contribution in [0.25, 0.3) is 0 Å². The highest BCUT2D eigenvalue weighted by atomic mass is 32.1. The number of nitrogens with zero attached hydrogens (tertiary/aromatic N) is 1. The van der Waals surface area contributed by atoms with Crippen molar-refractivity contribution in [3.8, 4) is 11.5 Å². The van der Waals surface area contributed by atoms with E-state index in [-0.39, 0.29) is 12.5 Å². The van der Waals surface area contributed by atoms with E-state index in [0.717, 1.165) is 24.8 Å². The Hall–Kier alpha value is -2.27. The summed E-state index contributed by atoms with van der Waals surface area (Å²) in [6.07, 6.45) is 4.77. The lowest BCUT2D eigenvalue weighted by Crippen LogP contribution is -2.36. The van der Waals surface area contributed by atoms with Gasteiger partial charge in [-0.15, -0.1) is 17.9 Å². The second-order valence-corrected chi connectivity index (χ2v) is 7.13. The number of hydrogen-bond donors (Lipinski definition) is 0. The van der Waals surface area contributed by atoms with Gasteiger partial charge in [0.1, 0.15) is 0 Å². The number of ether oxygens (including phenoxy) is 2. The Morgan fingerprint density at radius 2 is 2.20 bits per heavy atom. The molecule has 1 heterocycles. The van der Waals surface area contributed by atoms with Crippen LogP contribution >= 0.6 is 11.3 Å². The van der Waals surface area contributed by atoms with Gasteiger partial charge in [0.15, 0.2) is 18.1 Å². The van der Waals surface area contributed by atoms with E-state index in [4.69, 9.17) is 9.47 Å². The molecule has 1 amide bonds. The molecule has 1 aliphatic rings. The van der Waals surface area contributed by atoms with Crippen molar-refractivity contribution in [1.29, 1.82) is 0 Å². The Morgan fingerprint density at radius 1 is 1.36 bits per heavy atom. The number of allylic oxidation sites excluding steroid dienone is 1. The van der Waals surface area contributed by atoms with E-state index in [2.05, 4.69) is 12.6 Å². The van der Waals surface area contributed by atoms with Gasteiger partial charge in [-0.25, -0.2) is 0 Å². The zero-order chi connectivity index (χ0) is 17.6. The highest BCUT2D eigenvalue weighted by Gasteiger charge is 2.33. The molecule has 25 heavy (non-hydrogen) atoms. The molecule has 0 aliphatic heterocycles. The minimum absolute atomic E-state index is 0.0214. The summed E-state index contributed by atoms with van der Waals surface area (Å²) >= 11 is 1.68. The Balaban J connectivity index is 1.63. The van der Waals surface area contributed by atoms with Crippen LogP contribution < -0.4 is 9.47 Å². The molecule has 0 radical (unpaired) electrons. The maximum absolute atomic E-state index is 12.6. The first-order chi connectivity index (χ1) is 12.2. The van der Waals surface area contributed by atoms with Crippen molar-refractivity contribution in [3.05, 3.63) is 58.8 Å². The van der Waals surface area contributed by atoms with Crippen molar-refractivity contribution in [2.75, 3.05) is 13.7 Å². The molecule has 1 fully saturated rings. The summed E-state index contributed by atoms with van der Waals surface area (Å²) < 4.78 is 11.2. The van der Waals surface area contributed by atoms with Crippen LogP contribution in [0.3, 0.4) is 0 Å². The first-order valence-electron chi connectivity index (χ1n) is 8.43. The largest absolute Gasteiger partial charge is 0.493 e. The Kier molecular flexibility index (Phi) is 5.76. The zero-order valence-corrected chi connectivity index (χ0v) is 15.3. The smallest absolute Gasteiger partial charge is 0.261 e. The monoisotopic (exact) mass is 357 g/mol. The number of methoxy groups -OCH3 is 1. The van der Waals surface area contributed by atoms with E-state index in [1.165, 1.54) is 4.88 Å². The van der Waals surface area contributed by atoms with Gasteiger partial charge >= 0.3 is 0 Å². The van der Waals surface area contributed by atoms with Gasteiger partial charge in [0.25, 0.3) is 5.91 Å². The SMILES string of the molecule is C=CCc1ccc(OCC(=O)N(Cc2cccs2)C2CC2)c(OC)c1. The third kappa shape index (κ3) is 4.63. The Labute approximate surface area is 152 Å². The molecule has 1 aliphatic carbocycles. The van der Waals surface area contributed by atoms with E-state index >= 15 is 0 Å². The van der Waals surface area contributed by atoms with Crippen LogP contribution in [0.1, 0.15) is 23.3 Å². The Morgan fingerprint density at radius 3 is 2.84 bits per heavy atom. The van der Waals surface area contributed by atoms with Gasteiger partial charge in [0.05, 0.1) is 13.7 Å². The van der Waals surface area contributed by atoms with Gasteiger partial charge < -0.3 is 14.4 Å². The summed E-state index contributed by atoms with van der Waals surface area (Å²) in [5.41, 5.74) is 1.10. The zero-order valence-electron chi connectivity index (χ0n) is 14.4. The van der Waals surface area contributed by atoms with Crippen molar-refractivity contribution in [2.45, 2.75) is 31.8 Å². The van der Waals surface area contributed by atoms with E-state index in [0.29, 0.717) is 24.1 Å². The highest BCUT2D eigenvalue weighted by Crippen LogP contribution is 2.31. The first-order valence-corrected chi connectivity index (χ1v) is 9.31. The van der Waals surface area contributed by atoms with Gasteiger partial charge in [0, 0.05) is 10.9 Å². The van der Waals surface area contributed by atoms with Crippen molar-refractivity contribution < 1.29 is 14.3 Å². The maximum atomic E-state index is 12.6. The van der Waals surface area contributed by atoms with Crippen LogP contribution in [-0.2, 0) is 17.8 Å². The van der Waals surface area contributed by atoms with Crippen molar-refractivity contribution >= 4 is 17.2 Å². The van der Waals surface area contributed by atoms with Gasteiger partial charge in [-0.2, -0.15) is 0 Å². The quantitative estimate of drug-likeness (QED) is 0.636. The standard InChI is InChI=1S/C20H23NO3S/c1-3-5-15-7-10-18(19(12-15)23-2)24-14-20(22)21(16-8-9-16)13-17-6-4-11-25-17/h3-4,6-7,10-12,16H,1,5,8-9,13-14H2,2H3. The van der Waals surface area contributed by atoms with Crippen molar-refractivity contribution in [3.63, 3.8) is 0 Å². The molecule has 1 aromatic heterocycles. The summed E-state index contributed by atoms with van der Waals surface area (Å²) in [4.78, 5) is 15.8. The van der Waals surface area contributed by atoms with Crippen LogP contribution in [0.4, 0.5) is 0 Å². The van der Waals surface area contributed by atoms with Crippen LogP contribution in [0.2, 0.25) is 0 Å². The van der Waals surface area contributed by atoms with Crippen LogP contribution in [0.5, 0.6) is 11.5 Å². The fraction of sp³-hybridized carbons (Fsp3) is 0.350. The predicted molar refractivity (Wildman–Crippen MR) is 100 cm³/mol. The lowest BCUT2D eigenvalue weighted by atomic mass is 10.1. The molecule has 0 bridgehead atoms. The fourth-order valence-corrected chi connectivity index (χ4v) is 3.43. The molecule has 0 unspecified atom stereocenters. The molecule has 0 saturated heterocycles. The van der Waals surface area contributed by atoms with Crippen LogP contribution in [-0.4, -0.2) is 30.6 Å². The third-order valence-corrected chi connectivity index (χ3v) is 5.03. The van der Waals surface area contributed by atoms with Gasteiger partial charge in [0.2, 0.25) is 0 Å². The average Bonchev–Trinajstić information content (AvgIpc) is 3.34. The van der Waals surface area contributed by atoms with Gasteiger partial charge in [-0.3, -0.25) is 4.79 Å². The summed E-state index contributed by atoms with van der Waals surface area (Å²) in [6, 6.07) is 10.2. The van der Waals surface area contributed by atoms with E-state index in [1.807, 2.05) is 40.6 Å². The fourth-order valence-electron chi connectivity index (χ4n) is 2.72. The minimum atomic E-state index is 0.0214. The summed E-state index contributed by atoms with van der Waals surface area (Å²) in [6.45, 7) is 4.44. The highest BCUT2D eigenvalue weighted by molar-refractivity contribution is 7.09.